The zero-order valence-electron chi connectivity index (χ0n) is 7.82. The van der Waals surface area contributed by atoms with Crippen LogP contribution in [0.3, 0.4) is 0 Å². The Labute approximate surface area is 77.6 Å². The molecule has 4 nitrogen and oxygen atoms in total. The third-order valence-electron chi connectivity index (χ3n) is 2.48. The van der Waals surface area contributed by atoms with Crippen LogP contribution in [0.4, 0.5) is 0 Å². The topological polar surface area (TPSA) is 58.9 Å². The van der Waals surface area contributed by atoms with Crippen molar-refractivity contribution in [1.82, 2.24) is 0 Å². The number of carbonyl (C=O) groups is 1. The summed E-state index contributed by atoms with van der Waals surface area (Å²) in [6.45, 7) is 0. The van der Waals surface area contributed by atoms with Crippen LogP contribution in [0.25, 0.3) is 0 Å². The molecule has 0 aromatic carbocycles. The van der Waals surface area contributed by atoms with Gasteiger partial charge >= 0.3 is 5.97 Å². The number of hydrogen-bond donors (Lipinski definition) is 1. The van der Waals surface area contributed by atoms with E-state index in [1.165, 1.54) is 7.11 Å². The molecule has 74 valence electrons. The Hall–Kier alpha value is -1.06. The van der Waals surface area contributed by atoms with E-state index in [-0.39, 0.29) is 11.9 Å². The van der Waals surface area contributed by atoms with Gasteiger partial charge in [0.1, 0.15) is 0 Å². The molecule has 0 saturated heterocycles. The lowest BCUT2D eigenvalue weighted by Gasteiger charge is -2.21. The monoisotopic (exact) mass is 185 g/mol. The summed E-state index contributed by atoms with van der Waals surface area (Å²) in [7, 11) is 1.38. The molecule has 1 N–H and O–H groups in total. The molecule has 1 aliphatic carbocycles. The Bertz CT molecular complexity index is 213. The molecule has 1 saturated carbocycles. The number of oxime groups is 1. The molecule has 0 aromatic rings. The van der Waals surface area contributed by atoms with Crippen LogP contribution in [0.15, 0.2) is 5.16 Å². The zero-order chi connectivity index (χ0) is 9.68. The highest BCUT2D eigenvalue weighted by molar-refractivity contribution is 5.89. The van der Waals surface area contributed by atoms with Crippen LogP contribution < -0.4 is 0 Å². The molecule has 1 atom stereocenters. The van der Waals surface area contributed by atoms with Crippen molar-refractivity contribution in [3.8, 4) is 0 Å². The van der Waals surface area contributed by atoms with Gasteiger partial charge in [-0.25, -0.2) is 0 Å². The van der Waals surface area contributed by atoms with E-state index < -0.39 is 0 Å². The second-order valence-corrected chi connectivity index (χ2v) is 3.31. The molecule has 0 aliphatic heterocycles. The van der Waals surface area contributed by atoms with Crippen molar-refractivity contribution in [3.63, 3.8) is 0 Å². The summed E-state index contributed by atoms with van der Waals surface area (Å²) in [4.78, 5) is 11.0. The molecule has 0 spiro atoms. The fraction of sp³-hybridized carbons (Fsp3) is 0.778. The minimum absolute atomic E-state index is 0.0891. The second kappa shape index (κ2) is 4.84. The van der Waals surface area contributed by atoms with E-state index in [0.717, 1.165) is 31.4 Å². The van der Waals surface area contributed by atoms with Gasteiger partial charge in [-0.05, 0) is 19.3 Å². The number of rotatable bonds is 2. The van der Waals surface area contributed by atoms with Crippen LogP contribution in [0.2, 0.25) is 0 Å². The average Bonchev–Trinajstić information content (AvgIpc) is 2.18. The predicted molar refractivity (Wildman–Crippen MR) is 47.8 cm³/mol. The lowest BCUT2D eigenvalue weighted by atomic mass is 9.85. The van der Waals surface area contributed by atoms with E-state index in [1.807, 2.05) is 0 Å². The van der Waals surface area contributed by atoms with Gasteiger partial charge < -0.3 is 9.94 Å². The summed E-state index contributed by atoms with van der Waals surface area (Å²) < 4.78 is 4.57. The van der Waals surface area contributed by atoms with Gasteiger partial charge in [0.05, 0.1) is 19.2 Å². The first-order valence-corrected chi connectivity index (χ1v) is 4.55. The SMILES string of the molecule is COC(=O)C[C@H]1CCCCC1=NO. The lowest BCUT2D eigenvalue weighted by Crippen LogP contribution is -2.22. The number of methoxy groups -OCH3 is 1. The Kier molecular flexibility index (Phi) is 3.73. The van der Waals surface area contributed by atoms with Crippen LogP contribution in [-0.4, -0.2) is 24.0 Å². The normalized spacial score (nSPS) is 25.9. The molecule has 0 heterocycles. The van der Waals surface area contributed by atoms with E-state index in [9.17, 15) is 4.79 Å². The second-order valence-electron chi connectivity index (χ2n) is 3.31. The summed E-state index contributed by atoms with van der Waals surface area (Å²) in [5.41, 5.74) is 0.747. The van der Waals surface area contributed by atoms with Gasteiger partial charge in [-0.2, -0.15) is 0 Å². The van der Waals surface area contributed by atoms with Gasteiger partial charge in [0, 0.05) is 5.92 Å². The van der Waals surface area contributed by atoms with Crippen molar-refractivity contribution < 1.29 is 14.7 Å². The van der Waals surface area contributed by atoms with E-state index in [4.69, 9.17) is 5.21 Å². The number of nitrogens with zero attached hydrogens (tertiary/aromatic N) is 1. The summed E-state index contributed by atoms with van der Waals surface area (Å²) in [5, 5.41) is 11.9. The van der Waals surface area contributed by atoms with Crippen LogP contribution in [0, 0.1) is 5.92 Å². The van der Waals surface area contributed by atoms with Gasteiger partial charge in [-0.3, -0.25) is 4.79 Å². The van der Waals surface area contributed by atoms with Crippen LogP contribution in [0.1, 0.15) is 32.1 Å². The molecule has 0 amide bonds. The minimum atomic E-state index is -0.229. The maximum Gasteiger partial charge on any atom is 0.306 e. The Balaban J connectivity index is 2.50. The van der Waals surface area contributed by atoms with Crippen molar-refractivity contribution in [2.24, 2.45) is 11.1 Å². The molecule has 1 rings (SSSR count). The van der Waals surface area contributed by atoms with E-state index in [2.05, 4.69) is 9.89 Å². The number of esters is 1. The van der Waals surface area contributed by atoms with Crippen molar-refractivity contribution in [3.05, 3.63) is 0 Å². The highest BCUT2D eigenvalue weighted by Gasteiger charge is 2.23. The number of hydrogen-bond acceptors (Lipinski definition) is 4. The highest BCUT2D eigenvalue weighted by Crippen LogP contribution is 2.24. The Morgan fingerprint density at radius 2 is 2.46 bits per heavy atom. The fourth-order valence-electron chi connectivity index (χ4n) is 1.70. The molecule has 0 bridgehead atoms. The Morgan fingerprint density at radius 1 is 1.69 bits per heavy atom. The molecule has 0 radical (unpaired) electrons. The van der Waals surface area contributed by atoms with Crippen LogP contribution in [0.5, 0.6) is 0 Å². The van der Waals surface area contributed by atoms with Gasteiger partial charge in [0.25, 0.3) is 0 Å². The third-order valence-corrected chi connectivity index (χ3v) is 2.48. The first-order valence-electron chi connectivity index (χ1n) is 4.55. The van der Waals surface area contributed by atoms with Gasteiger partial charge in [-0.15, -0.1) is 0 Å². The highest BCUT2D eigenvalue weighted by atomic mass is 16.5. The van der Waals surface area contributed by atoms with Crippen LogP contribution >= 0.6 is 0 Å². The number of carbonyl (C=O) groups excluding carboxylic acids is 1. The van der Waals surface area contributed by atoms with Gasteiger partial charge in [-0.1, -0.05) is 11.6 Å². The zero-order valence-corrected chi connectivity index (χ0v) is 7.82. The molecular formula is C9H15NO3. The fourth-order valence-corrected chi connectivity index (χ4v) is 1.70. The molecule has 0 aromatic heterocycles. The van der Waals surface area contributed by atoms with E-state index >= 15 is 0 Å². The first kappa shape index (κ1) is 10.0. The van der Waals surface area contributed by atoms with Crippen molar-refractivity contribution in [2.75, 3.05) is 7.11 Å². The minimum Gasteiger partial charge on any atom is -0.469 e. The van der Waals surface area contributed by atoms with E-state index in [0.29, 0.717) is 6.42 Å². The number of ether oxygens (including phenoxy) is 1. The molecule has 1 fully saturated rings. The summed E-state index contributed by atoms with van der Waals surface area (Å²) in [5.74, 6) is -0.140. The third kappa shape index (κ3) is 2.72. The lowest BCUT2D eigenvalue weighted by molar-refractivity contribution is -0.141. The maximum atomic E-state index is 11.0. The summed E-state index contributed by atoms with van der Waals surface area (Å²) >= 11 is 0. The van der Waals surface area contributed by atoms with Gasteiger partial charge in [0.2, 0.25) is 0 Å². The van der Waals surface area contributed by atoms with E-state index in [1.54, 1.807) is 0 Å². The molecule has 1 aliphatic rings. The smallest absolute Gasteiger partial charge is 0.306 e. The van der Waals surface area contributed by atoms with Crippen molar-refractivity contribution in [1.29, 1.82) is 0 Å². The summed E-state index contributed by atoms with van der Waals surface area (Å²) in [6.07, 6.45) is 4.22. The molecule has 4 heteroatoms. The average molecular weight is 185 g/mol. The quantitative estimate of drug-likeness (QED) is 0.403. The van der Waals surface area contributed by atoms with Crippen molar-refractivity contribution in [2.45, 2.75) is 32.1 Å². The molecule has 13 heavy (non-hydrogen) atoms. The largest absolute Gasteiger partial charge is 0.469 e. The standard InChI is InChI=1S/C9H15NO3/c1-13-9(11)6-7-4-2-3-5-8(7)10-12/h7,12H,2-6H2,1H3/t7-/m1/s1. The van der Waals surface area contributed by atoms with Crippen molar-refractivity contribution >= 4 is 11.7 Å². The molecule has 0 unspecified atom stereocenters. The summed E-state index contributed by atoms with van der Waals surface area (Å²) in [6, 6.07) is 0. The maximum absolute atomic E-state index is 11.0. The van der Waals surface area contributed by atoms with Gasteiger partial charge in [0.15, 0.2) is 0 Å². The molecular weight excluding hydrogens is 170 g/mol. The van der Waals surface area contributed by atoms with Crippen LogP contribution in [-0.2, 0) is 9.53 Å². The Morgan fingerprint density at radius 3 is 3.08 bits per heavy atom. The predicted octanol–water partition coefficient (Wildman–Crippen LogP) is 1.57. The first-order chi connectivity index (χ1) is 6.27.